The topological polar surface area (TPSA) is 103 Å². The fourth-order valence-electron chi connectivity index (χ4n) is 5.72. The van der Waals surface area contributed by atoms with Crippen molar-refractivity contribution in [3.63, 3.8) is 0 Å². The van der Waals surface area contributed by atoms with Crippen LogP contribution in [-0.2, 0) is 17.6 Å². The molecule has 1 spiro atoms. The van der Waals surface area contributed by atoms with Gasteiger partial charge in [-0.1, -0.05) is 23.2 Å². The molecule has 0 bridgehead atoms. The van der Waals surface area contributed by atoms with Crippen molar-refractivity contribution in [1.29, 1.82) is 0 Å². The highest BCUT2D eigenvalue weighted by atomic mass is 35.5. The number of anilines is 1. The van der Waals surface area contributed by atoms with E-state index >= 15 is 0 Å². The van der Waals surface area contributed by atoms with Gasteiger partial charge in [-0.15, -0.1) is 0 Å². The van der Waals surface area contributed by atoms with Crippen LogP contribution in [0.25, 0.3) is 0 Å². The smallest absolute Gasteiger partial charge is 0.307 e. The van der Waals surface area contributed by atoms with Crippen molar-refractivity contribution < 1.29 is 29.6 Å². The van der Waals surface area contributed by atoms with Crippen molar-refractivity contribution in [3.05, 3.63) is 51.5 Å². The van der Waals surface area contributed by atoms with Crippen LogP contribution in [0.2, 0.25) is 10.0 Å². The minimum absolute atomic E-state index is 0.0797. The summed E-state index contributed by atoms with van der Waals surface area (Å²) in [5.41, 5.74) is 2.16. The summed E-state index contributed by atoms with van der Waals surface area (Å²) in [4.78, 5) is 15.8. The molecule has 3 heterocycles. The van der Waals surface area contributed by atoms with Crippen LogP contribution in [0.1, 0.15) is 24.0 Å². The number of fused-ring (bicyclic) bond motifs is 1. The molecule has 0 radical (unpaired) electrons. The SMILES string of the molecule is O=C(O)Cc1cc(Cl)c(OCCO)cc1N1CC(O)C(N2CCC3(CC2)Cc2cc(Cl)ccc2O3)C1. The van der Waals surface area contributed by atoms with Gasteiger partial charge in [-0.25, -0.2) is 0 Å². The van der Waals surface area contributed by atoms with Gasteiger partial charge in [-0.05, 0) is 35.4 Å². The second-order valence-corrected chi connectivity index (χ2v) is 10.7. The quantitative estimate of drug-likeness (QED) is 0.496. The Hall–Kier alpha value is -2.23. The van der Waals surface area contributed by atoms with Gasteiger partial charge in [0, 0.05) is 62.2 Å². The summed E-state index contributed by atoms with van der Waals surface area (Å²) < 4.78 is 11.9. The predicted molar refractivity (Wildman–Crippen MR) is 137 cm³/mol. The highest BCUT2D eigenvalue weighted by Crippen LogP contribution is 2.43. The maximum absolute atomic E-state index is 11.5. The van der Waals surface area contributed by atoms with Crippen LogP contribution in [0.4, 0.5) is 5.69 Å². The highest BCUT2D eigenvalue weighted by molar-refractivity contribution is 6.32. The first kappa shape index (κ1) is 25.4. The predicted octanol–water partition coefficient (Wildman–Crippen LogP) is 3.01. The van der Waals surface area contributed by atoms with Gasteiger partial charge in [-0.3, -0.25) is 9.69 Å². The average molecular weight is 537 g/mol. The van der Waals surface area contributed by atoms with Crippen LogP contribution < -0.4 is 14.4 Å². The van der Waals surface area contributed by atoms with Gasteiger partial charge >= 0.3 is 5.97 Å². The normalized spacial score (nSPS) is 23.1. The third kappa shape index (κ3) is 5.10. The minimum Gasteiger partial charge on any atom is -0.490 e. The number of β-amino-alcohol motifs (C(OH)–C–C–N with tert-alkyl or cyclic N) is 1. The molecule has 194 valence electrons. The number of halogens is 2. The zero-order valence-electron chi connectivity index (χ0n) is 19.8. The number of hydrogen-bond acceptors (Lipinski definition) is 7. The third-order valence-corrected chi connectivity index (χ3v) is 7.99. The molecule has 2 aromatic rings. The molecular formula is C26H30Cl2N2O6. The van der Waals surface area contributed by atoms with Crippen molar-refractivity contribution in [3.8, 4) is 11.5 Å². The molecule has 0 amide bonds. The van der Waals surface area contributed by atoms with Crippen LogP contribution in [0, 0.1) is 0 Å². The number of likely N-dealkylation sites (tertiary alicyclic amines) is 1. The Morgan fingerprint density at radius 1 is 1.17 bits per heavy atom. The lowest BCUT2D eigenvalue weighted by Crippen LogP contribution is -2.53. The number of carboxylic acid groups (broad SMARTS) is 1. The zero-order valence-corrected chi connectivity index (χ0v) is 21.3. The number of nitrogens with zero attached hydrogens (tertiary/aromatic N) is 2. The number of ether oxygens (including phenoxy) is 2. The molecule has 2 unspecified atom stereocenters. The van der Waals surface area contributed by atoms with Gasteiger partial charge in [0.2, 0.25) is 0 Å². The Kier molecular flexibility index (Phi) is 7.25. The van der Waals surface area contributed by atoms with E-state index < -0.39 is 12.1 Å². The number of hydrogen-bond donors (Lipinski definition) is 3. The van der Waals surface area contributed by atoms with Gasteiger partial charge in [0.05, 0.1) is 30.2 Å². The molecule has 3 aliphatic rings. The molecule has 2 aromatic carbocycles. The van der Waals surface area contributed by atoms with Crippen LogP contribution in [0.15, 0.2) is 30.3 Å². The molecule has 2 atom stereocenters. The summed E-state index contributed by atoms with van der Waals surface area (Å²) in [5, 5.41) is 30.6. The summed E-state index contributed by atoms with van der Waals surface area (Å²) in [7, 11) is 0. The number of rotatable bonds is 7. The molecule has 8 nitrogen and oxygen atoms in total. The molecule has 2 fully saturated rings. The summed E-state index contributed by atoms with van der Waals surface area (Å²) in [5.74, 6) is 0.325. The van der Waals surface area contributed by atoms with E-state index in [1.807, 2.05) is 23.1 Å². The maximum Gasteiger partial charge on any atom is 0.307 e. The van der Waals surface area contributed by atoms with E-state index in [-0.39, 0.29) is 31.3 Å². The van der Waals surface area contributed by atoms with E-state index in [9.17, 15) is 15.0 Å². The first-order valence-electron chi connectivity index (χ1n) is 12.2. The number of aliphatic hydroxyl groups excluding tert-OH is 2. The summed E-state index contributed by atoms with van der Waals surface area (Å²) in [6, 6.07) is 9.01. The van der Waals surface area contributed by atoms with Crippen LogP contribution in [-0.4, -0.2) is 83.3 Å². The van der Waals surface area contributed by atoms with E-state index in [2.05, 4.69) is 4.90 Å². The number of benzene rings is 2. The first-order chi connectivity index (χ1) is 17.3. The number of carboxylic acids is 1. The van der Waals surface area contributed by atoms with Crippen molar-refractivity contribution in [2.75, 3.05) is 44.3 Å². The molecule has 0 aromatic heterocycles. The molecule has 2 saturated heterocycles. The standard InChI is InChI=1S/C26H30Cl2N2O6/c27-18-1-2-23-17(9-18)13-26(36-23)3-5-29(6-4-26)21-14-30(15-22(21)32)20-12-24(35-8-7-31)19(28)10-16(20)11-25(33)34/h1-2,9-10,12,21-22,31-32H,3-8,11,13-15H2,(H,33,34). The lowest BCUT2D eigenvalue weighted by Gasteiger charge is -2.41. The molecule has 10 heteroatoms. The van der Waals surface area contributed by atoms with Crippen molar-refractivity contribution in [2.24, 2.45) is 0 Å². The lowest BCUT2D eigenvalue weighted by molar-refractivity contribution is -0.136. The third-order valence-electron chi connectivity index (χ3n) is 7.46. The number of piperidine rings is 1. The fraction of sp³-hybridized carbons (Fsp3) is 0.500. The number of aliphatic hydroxyl groups is 2. The van der Waals surface area contributed by atoms with Crippen LogP contribution in [0.5, 0.6) is 11.5 Å². The molecule has 36 heavy (non-hydrogen) atoms. The van der Waals surface area contributed by atoms with E-state index in [1.165, 1.54) is 0 Å². The van der Waals surface area contributed by atoms with Crippen molar-refractivity contribution in [1.82, 2.24) is 4.90 Å². The molecule has 0 aliphatic carbocycles. The minimum atomic E-state index is -0.965. The van der Waals surface area contributed by atoms with Crippen LogP contribution >= 0.6 is 23.2 Å². The maximum atomic E-state index is 11.5. The molecule has 3 aliphatic heterocycles. The Labute approximate surface area is 219 Å². The Morgan fingerprint density at radius 3 is 2.67 bits per heavy atom. The summed E-state index contributed by atoms with van der Waals surface area (Å²) in [6.07, 6.45) is 1.77. The number of carbonyl (C=O) groups is 1. The average Bonchev–Trinajstić information content (AvgIpc) is 3.38. The summed E-state index contributed by atoms with van der Waals surface area (Å²) >= 11 is 12.5. The highest BCUT2D eigenvalue weighted by Gasteiger charge is 2.45. The van der Waals surface area contributed by atoms with Crippen LogP contribution in [0.3, 0.4) is 0 Å². The van der Waals surface area contributed by atoms with Crippen molar-refractivity contribution in [2.45, 2.75) is 43.4 Å². The van der Waals surface area contributed by atoms with E-state index in [1.54, 1.807) is 12.1 Å². The van der Waals surface area contributed by atoms with E-state index in [4.69, 9.17) is 37.8 Å². The van der Waals surface area contributed by atoms with E-state index in [0.717, 1.165) is 48.7 Å². The van der Waals surface area contributed by atoms with E-state index in [0.29, 0.717) is 35.1 Å². The molecular weight excluding hydrogens is 507 g/mol. The largest absolute Gasteiger partial charge is 0.490 e. The van der Waals surface area contributed by atoms with Crippen molar-refractivity contribution >= 4 is 34.9 Å². The second kappa shape index (κ2) is 10.3. The van der Waals surface area contributed by atoms with Gasteiger partial charge in [0.25, 0.3) is 0 Å². The van der Waals surface area contributed by atoms with Gasteiger partial charge < -0.3 is 29.7 Å². The fourth-order valence-corrected chi connectivity index (χ4v) is 6.15. The zero-order chi connectivity index (χ0) is 25.4. The molecule has 3 N–H and O–H groups in total. The summed E-state index contributed by atoms with van der Waals surface area (Å²) in [6.45, 7) is 2.44. The van der Waals surface area contributed by atoms with Gasteiger partial charge in [-0.2, -0.15) is 0 Å². The molecule has 0 saturated carbocycles. The Morgan fingerprint density at radius 2 is 1.94 bits per heavy atom. The number of aliphatic carboxylic acids is 1. The van der Waals surface area contributed by atoms with Gasteiger partial charge in [0.15, 0.2) is 0 Å². The lowest BCUT2D eigenvalue weighted by atomic mass is 9.86. The second-order valence-electron chi connectivity index (χ2n) is 9.84. The monoisotopic (exact) mass is 536 g/mol. The Balaban J connectivity index is 1.29. The first-order valence-corrected chi connectivity index (χ1v) is 12.9. The molecule has 5 rings (SSSR count). The Bertz CT molecular complexity index is 1140. The van der Waals surface area contributed by atoms with Gasteiger partial charge in [0.1, 0.15) is 23.7 Å².